The number of hydrogen-bond acceptors (Lipinski definition) is 6. The fourth-order valence-corrected chi connectivity index (χ4v) is 5.57. The van der Waals surface area contributed by atoms with E-state index in [1.807, 2.05) is 70.2 Å². The van der Waals surface area contributed by atoms with E-state index in [1.165, 1.54) is 5.56 Å². The molecule has 7 nitrogen and oxygen atoms in total. The molecule has 2 heterocycles. The summed E-state index contributed by atoms with van der Waals surface area (Å²) in [6.07, 6.45) is 0. The summed E-state index contributed by atoms with van der Waals surface area (Å²) in [6.45, 7) is 9.83. The van der Waals surface area contributed by atoms with Crippen molar-refractivity contribution >= 4 is 27.3 Å². The van der Waals surface area contributed by atoms with E-state index >= 15 is 0 Å². The van der Waals surface area contributed by atoms with Crippen molar-refractivity contribution in [3.8, 4) is 0 Å². The zero-order valence-electron chi connectivity index (χ0n) is 19.0. The Morgan fingerprint density at radius 3 is 2.06 bits per heavy atom. The number of hydrogen-bond donors (Lipinski definition) is 1. The molecule has 32 heavy (non-hydrogen) atoms. The van der Waals surface area contributed by atoms with Crippen molar-refractivity contribution in [2.75, 3.05) is 36.4 Å². The third kappa shape index (κ3) is 4.61. The molecule has 0 radical (unpaired) electrons. The van der Waals surface area contributed by atoms with Crippen molar-refractivity contribution in [1.29, 1.82) is 0 Å². The van der Waals surface area contributed by atoms with Gasteiger partial charge in [0.2, 0.25) is 10.0 Å². The van der Waals surface area contributed by atoms with E-state index in [0.29, 0.717) is 36.9 Å². The second-order valence-corrected chi connectivity index (χ2v) is 10.3. The van der Waals surface area contributed by atoms with Crippen molar-refractivity contribution in [3.05, 3.63) is 70.8 Å². The first-order valence-electron chi connectivity index (χ1n) is 10.7. The van der Waals surface area contributed by atoms with Crippen molar-refractivity contribution in [1.82, 2.24) is 14.5 Å². The van der Waals surface area contributed by atoms with E-state index in [4.69, 9.17) is 0 Å². The first-order chi connectivity index (χ1) is 15.2. The standard InChI is InChI=1S/C24H29N5O2S/c1-17-5-7-21(8-6-17)25-23-9-10-24(27-26-23)28-11-13-29(14-12-28)32(30,31)22-16-19(3)18(2)15-20(22)4/h5-10,15-16H,11-14H2,1-4H3,(H,25,26). The number of nitrogens with zero attached hydrogens (tertiary/aromatic N) is 4. The van der Waals surface area contributed by atoms with Crippen LogP contribution in [0.2, 0.25) is 0 Å². The van der Waals surface area contributed by atoms with Crippen molar-refractivity contribution in [3.63, 3.8) is 0 Å². The Bertz CT molecular complexity index is 1200. The maximum atomic E-state index is 13.2. The normalized spacial score (nSPS) is 15.1. The third-order valence-corrected chi connectivity index (χ3v) is 7.99. The Morgan fingerprint density at radius 1 is 0.781 bits per heavy atom. The zero-order chi connectivity index (χ0) is 22.9. The highest BCUT2D eigenvalue weighted by molar-refractivity contribution is 7.89. The molecule has 1 saturated heterocycles. The molecule has 3 aromatic rings. The first-order valence-corrected chi connectivity index (χ1v) is 12.2. The Labute approximate surface area is 190 Å². The van der Waals surface area contributed by atoms with E-state index in [-0.39, 0.29) is 0 Å². The smallest absolute Gasteiger partial charge is 0.243 e. The van der Waals surface area contributed by atoms with Crippen LogP contribution in [0.25, 0.3) is 0 Å². The van der Waals surface area contributed by atoms with Gasteiger partial charge in [-0.3, -0.25) is 0 Å². The summed E-state index contributed by atoms with van der Waals surface area (Å²) in [4.78, 5) is 2.47. The topological polar surface area (TPSA) is 78.4 Å². The Balaban J connectivity index is 1.41. The molecule has 2 aromatic carbocycles. The molecule has 0 spiro atoms. The van der Waals surface area contributed by atoms with E-state index < -0.39 is 10.0 Å². The van der Waals surface area contributed by atoms with Gasteiger partial charge in [-0.05, 0) is 74.7 Å². The van der Waals surface area contributed by atoms with Crippen LogP contribution in [0.15, 0.2) is 53.4 Å². The Kier molecular flexibility index (Phi) is 6.17. The van der Waals surface area contributed by atoms with Gasteiger partial charge >= 0.3 is 0 Å². The molecule has 1 N–H and O–H groups in total. The summed E-state index contributed by atoms with van der Waals surface area (Å²) in [5, 5.41) is 11.9. The number of piperazine rings is 1. The molecule has 0 atom stereocenters. The molecule has 0 amide bonds. The van der Waals surface area contributed by atoms with Crippen LogP contribution in [0.1, 0.15) is 22.3 Å². The fourth-order valence-electron chi connectivity index (χ4n) is 3.85. The SMILES string of the molecule is Cc1ccc(Nc2ccc(N3CCN(S(=O)(=O)c4cc(C)c(C)cc4C)CC3)nn2)cc1. The lowest BCUT2D eigenvalue weighted by Gasteiger charge is -2.34. The van der Waals surface area contributed by atoms with Crippen LogP contribution in [0.4, 0.5) is 17.3 Å². The molecule has 0 unspecified atom stereocenters. The van der Waals surface area contributed by atoms with Crippen LogP contribution in [0.5, 0.6) is 0 Å². The Morgan fingerprint density at radius 2 is 1.44 bits per heavy atom. The second kappa shape index (κ2) is 8.88. The molecule has 8 heteroatoms. The van der Waals surface area contributed by atoms with Crippen LogP contribution >= 0.6 is 0 Å². The molecule has 1 aliphatic heterocycles. The predicted molar refractivity (Wildman–Crippen MR) is 128 cm³/mol. The number of aromatic nitrogens is 2. The fraction of sp³-hybridized carbons (Fsp3) is 0.333. The number of benzene rings is 2. The molecular formula is C24H29N5O2S. The molecule has 168 valence electrons. The van der Waals surface area contributed by atoms with Gasteiger partial charge in [-0.25, -0.2) is 8.42 Å². The van der Waals surface area contributed by atoms with Gasteiger partial charge in [0.25, 0.3) is 0 Å². The van der Waals surface area contributed by atoms with Gasteiger partial charge < -0.3 is 10.2 Å². The van der Waals surface area contributed by atoms with Gasteiger partial charge in [0.15, 0.2) is 11.6 Å². The van der Waals surface area contributed by atoms with Gasteiger partial charge in [0.1, 0.15) is 0 Å². The van der Waals surface area contributed by atoms with E-state index in [2.05, 4.69) is 20.4 Å². The third-order valence-electron chi connectivity index (χ3n) is 5.95. The number of aryl methyl sites for hydroxylation is 4. The lowest BCUT2D eigenvalue weighted by Crippen LogP contribution is -2.49. The van der Waals surface area contributed by atoms with Gasteiger partial charge in [-0.2, -0.15) is 4.31 Å². The minimum absolute atomic E-state index is 0.403. The van der Waals surface area contributed by atoms with Gasteiger partial charge in [0, 0.05) is 31.9 Å². The molecule has 0 aliphatic carbocycles. The highest BCUT2D eigenvalue weighted by Crippen LogP contribution is 2.25. The summed E-state index contributed by atoms with van der Waals surface area (Å²) in [5.74, 6) is 1.42. The summed E-state index contributed by atoms with van der Waals surface area (Å²) in [7, 11) is -3.52. The quantitative estimate of drug-likeness (QED) is 0.633. The van der Waals surface area contributed by atoms with Crippen molar-refractivity contribution in [2.45, 2.75) is 32.6 Å². The monoisotopic (exact) mass is 451 g/mol. The van der Waals surface area contributed by atoms with Crippen LogP contribution in [-0.4, -0.2) is 49.1 Å². The Hall–Kier alpha value is -2.97. The molecule has 4 rings (SSSR count). The van der Waals surface area contributed by atoms with Gasteiger partial charge in [0.05, 0.1) is 4.90 Å². The molecule has 0 bridgehead atoms. The summed E-state index contributed by atoms with van der Waals surface area (Å²) in [5.41, 5.74) is 5.04. The van der Waals surface area contributed by atoms with E-state index in [0.717, 1.165) is 28.2 Å². The van der Waals surface area contributed by atoms with E-state index in [1.54, 1.807) is 10.4 Å². The van der Waals surface area contributed by atoms with E-state index in [9.17, 15) is 8.42 Å². The summed E-state index contributed by atoms with van der Waals surface area (Å²) >= 11 is 0. The lowest BCUT2D eigenvalue weighted by molar-refractivity contribution is 0.383. The van der Waals surface area contributed by atoms with Crippen molar-refractivity contribution in [2.24, 2.45) is 0 Å². The maximum absolute atomic E-state index is 13.2. The average Bonchev–Trinajstić information content (AvgIpc) is 2.78. The predicted octanol–water partition coefficient (Wildman–Crippen LogP) is 3.96. The average molecular weight is 452 g/mol. The molecule has 0 saturated carbocycles. The molecule has 1 fully saturated rings. The first kappa shape index (κ1) is 22.2. The van der Waals surface area contributed by atoms with Gasteiger partial charge in [-0.1, -0.05) is 23.8 Å². The van der Waals surface area contributed by atoms with Crippen LogP contribution in [0, 0.1) is 27.7 Å². The van der Waals surface area contributed by atoms with Crippen LogP contribution in [0.3, 0.4) is 0 Å². The minimum atomic E-state index is -3.52. The number of rotatable bonds is 5. The highest BCUT2D eigenvalue weighted by Gasteiger charge is 2.30. The minimum Gasteiger partial charge on any atom is -0.352 e. The molecule has 1 aromatic heterocycles. The van der Waals surface area contributed by atoms with Crippen LogP contribution in [-0.2, 0) is 10.0 Å². The van der Waals surface area contributed by atoms with Crippen LogP contribution < -0.4 is 10.2 Å². The number of sulfonamides is 1. The van der Waals surface area contributed by atoms with Gasteiger partial charge in [-0.15, -0.1) is 10.2 Å². The highest BCUT2D eigenvalue weighted by atomic mass is 32.2. The zero-order valence-corrected chi connectivity index (χ0v) is 19.8. The maximum Gasteiger partial charge on any atom is 0.243 e. The molecular weight excluding hydrogens is 422 g/mol. The largest absolute Gasteiger partial charge is 0.352 e. The summed E-state index contributed by atoms with van der Waals surface area (Å²) < 4.78 is 28.0. The molecule has 1 aliphatic rings. The summed E-state index contributed by atoms with van der Waals surface area (Å²) in [6, 6.07) is 15.6. The second-order valence-electron chi connectivity index (χ2n) is 8.36. The number of anilines is 3. The lowest BCUT2D eigenvalue weighted by atomic mass is 10.1. The van der Waals surface area contributed by atoms with Crippen molar-refractivity contribution < 1.29 is 8.42 Å². The number of nitrogens with one attached hydrogen (secondary N) is 1.